The van der Waals surface area contributed by atoms with Gasteiger partial charge in [-0.05, 0) is 38.3 Å². The lowest BCUT2D eigenvalue weighted by molar-refractivity contribution is -0.122. The third kappa shape index (κ3) is 3.51. The Labute approximate surface area is 124 Å². The first kappa shape index (κ1) is 15.3. The molecule has 0 bridgehead atoms. The zero-order chi connectivity index (χ0) is 15.2. The van der Waals surface area contributed by atoms with Gasteiger partial charge in [-0.25, -0.2) is 9.78 Å². The van der Waals surface area contributed by atoms with Crippen molar-refractivity contribution >= 4 is 17.7 Å². The number of amides is 1. The number of hydrogen-bond donors (Lipinski definition) is 1. The van der Waals surface area contributed by atoms with E-state index < -0.39 is 0 Å². The number of rotatable bonds is 4. The number of anilines is 1. The van der Waals surface area contributed by atoms with Crippen molar-refractivity contribution in [3.63, 3.8) is 0 Å². The second-order valence-corrected chi connectivity index (χ2v) is 4.94. The van der Waals surface area contributed by atoms with Gasteiger partial charge in [-0.3, -0.25) is 4.79 Å². The summed E-state index contributed by atoms with van der Waals surface area (Å²) in [7, 11) is 1.65. The number of carbonyl (C=O) groups is 2. The summed E-state index contributed by atoms with van der Waals surface area (Å²) >= 11 is 0. The van der Waals surface area contributed by atoms with Crippen molar-refractivity contribution < 1.29 is 14.3 Å². The van der Waals surface area contributed by atoms with E-state index in [0.29, 0.717) is 12.2 Å². The van der Waals surface area contributed by atoms with Crippen molar-refractivity contribution in [3.05, 3.63) is 23.9 Å². The molecular weight excluding hydrogens is 270 g/mol. The number of nitrogens with zero attached hydrogens (tertiary/aromatic N) is 2. The summed E-state index contributed by atoms with van der Waals surface area (Å²) in [6.07, 6.45) is 4.40. The van der Waals surface area contributed by atoms with Gasteiger partial charge in [-0.1, -0.05) is 0 Å². The van der Waals surface area contributed by atoms with Crippen molar-refractivity contribution in [1.82, 2.24) is 10.3 Å². The molecule has 0 radical (unpaired) electrons. The van der Waals surface area contributed by atoms with Gasteiger partial charge in [0.15, 0.2) is 0 Å². The van der Waals surface area contributed by atoms with E-state index >= 15 is 0 Å². The molecule has 21 heavy (non-hydrogen) atoms. The predicted molar refractivity (Wildman–Crippen MR) is 79.2 cm³/mol. The molecule has 1 aromatic rings. The maximum absolute atomic E-state index is 12.0. The fraction of sp³-hybridized carbons (Fsp3) is 0.533. The number of hydrogen-bond acceptors (Lipinski definition) is 5. The maximum Gasteiger partial charge on any atom is 0.339 e. The number of carbonyl (C=O) groups excluding carboxylic acids is 2. The Kier molecular flexibility index (Phi) is 5.14. The van der Waals surface area contributed by atoms with Crippen LogP contribution in [0, 0.1) is 0 Å². The van der Waals surface area contributed by atoms with Crippen molar-refractivity contribution in [3.8, 4) is 0 Å². The number of piperidine rings is 1. The second-order valence-electron chi connectivity index (χ2n) is 4.94. The Balaban J connectivity index is 2.16. The molecule has 0 saturated carbocycles. The van der Waals surface area contributed by atoms with Crippen molar-refractivity contribution in [1.29, 1.82) is 0 Å². The van der Waals surface area contributed by atoms with E-state index in [9.17, 15) is 9.59 Å². The normalized spacial score (nSPS) is 18.2. The predicted octanol–water partition coefficient (Wildman–Crippen LogP) is 1.36. The fourth-order valence-corrected chi connectivity index (χ4v) is 2.54. The second kappa shape index (κ2) is 7.06. The van der Waals surface area contributed by atoms with E-state index in [-0.39, 0.29) is 17.9 Å². The molecule has 1 fully saturated rings. The maximum atomic E-state index is 12.0. The van der Waals surface area contributed by atoms with E-state index in [1.165, 1.54) is 6.20 Å². The lowest BCUT2D eigenvalue weighted by Crippen LogP contribution is -2.49. The molecular formula is C15H21N3O3. The molecule has 1 amide bonds. The number of esters is 1. The first-order valence-corrected chi connectivity index (χ1v) is 7.28. The van der Waals surface area contributed by atoms with E-state index in [4.69, 9.17) is 4.74 Å². The number of nitrogens with one attached hydrogen (secondary N) is 1. The summed E-state index contributed by atoms with van der Waals surface area (Å²) in [5, 5.41) is 2.70. The van der Waals surface area contributed by atoms with Gasteiger partial charge >= 0.3 is 5.97 Å². The Bertz CT molecular complexity index is 501. The van der Waals surface area contributed by atoms with Crippen LogP contribution < -0.4 is 10.2 Å². The van der Waals surface area contributed by atoms with E-state index in [2.05, 4.69) is 10.3 Å². The van der Waals surface area contributed by atoms with Gasteiger partial charge in [0.2, 0.25) is 5.91 Å². The van der Waals surface area contributed by atoms with Crippen molar-refractivity contribution in [2.24, 2.45) is 0 Å². The molecule has 1 saturated heterocycles. The molecule has 1 aliphatic rings. The fourth-order valence-electron chi connectivity index (χ4n) is 2.54. The lowest BCUT2D eigenvalue weighted by atomic mass is 10.0. The molecule has 6 nitrogen and oxygen atoms in total. The zero-order valence-corrected chi connectivity index (χ0v) is 12.5. The third-order valence-corrected chi connectivity index (χ3v) is 3.61. The van der Waals surface area contributed by atoms with Gasteiger partial charge in [-0.15, -0.1) is 0 Å². The lowest BCUT2D eigenvalue weighted by Gasteiger charge is -2.35. The smallest absolute Gasteiger partial charge is 0.339 e. The minimum absolute atomic E-state index is 0.00553. The van der Waals surface area contributed by atoms with E-state index in [1.807, 2.05) is 4.90 Å². The van der Waals surface area contributed by atoms with E-state index in [0.717, 1.165) is 31.6 Å². The molecule has 1 N–H and O–H groups in total. The van der Waals surface area contributed by atoms with Crippen LogP contribution >= 0.6 is 0 Å². The molecule has 0 aromatic carbocycles. The van der Waals surface area contributed by atoms with Gasteiger partial charge in [-0.2, -0.15) is 0 Å². The molecule has 0 aliphatic carbocycles. The Morgan fingerprint density at radius 2 is 2.24 bits per heavy atom. The molecule has 1 aliphatic heterocycles. The third-order valence-electron chi connectivity index (χ3n) is 3.61. The topological polar surface area (TPSA) is 71.5 Å². The zero-order valence-electron chi connectivity index (χ0n) is 12.5. The Morgan fingerprint density at radius 1 is 1.43 bits per heavy atom. The van der Waals surface area contributed by atoms with Crippen LogP contribution in [0.25, 0.3) is 0 Å². The summed E-state index contributed by atoms with van der Waals surface area (Å²) in [4.78, 5) is 29.9. The van der Waals surface area contributed by atoms with Crippen LogP contribution in [0.5, 0.6) is 0 Å². The number of pyridine rings is 1. The van der Waals surface area contributed by atoms with Crippen molar-refractivity contribution in [2.45, 2.75) is 32.2 Å². The minimum Gasteiger partial charge on any atom is -0.462 e. The molecule has 2 heterocycles. The molecule has 0 spiro atoms. The number of aromatic nitrogens is 1. The van der Waals surface area contributed by atoms with Gasteiger partial charge < -0.3 is 15.0 Å². The quantitative estimate of drug-likeness (QED) is 0.848. The van der Waals surface area contributed by atoms with Gasteiger partial charge in [0.25, 0.3) is 0 Å². The van der Waals surface area contributed by atoms with Crippen LogP contribution in [0.15, 0.2) is 18.3 Å². The van der Waals surface area contributed by atoms with Gasteiger partial charge in [0.1, 0.15) is 11.9 Å². The molecule has 1 unspecified atom stereocenters. The van der Waals surface area contributed by atoms with Gasteiger partial charge in [0, 0.05) is 19.8 Å². The Hall–Kier alpha value is -2.11. The van der Waals surface area contributed by atoms with Crippen LogP contribution in [-0.4, -0.2) is 43.1 Å². The van der Waals surface area contributed by atoms with Crippen LogP contribution in [0.1, 0.15) is 36.5 Å². The molecule has 114 valence electrons. The average Bonchev–Trinajstić information content (AvgIpc) is 2.54. The molecule has 6 heteroatoms. The highest BCUT2D eigenvalue weighted by Gasteiger charge is 2.28. The summed E-state index contributed by atoms with van der Waals surface area (Å²) in [6.45, 7) is 2.90. The molecule has 1 atom stereocenters. The minimum atomic E-state index is -0.377. The molecule has 1 aromatic heterocycles. The highest BCUT2D eigenvalue weighted by molar-refractivity contribution is 5.89. The molecule has 2 rings (SSSR count). The van der Waals surface area contributed by atoms with Crippen LogP contribution in [0.3, 0.4) is 0 Å². The summed E-state index contributed by atoms with van der Waals surface area (Å²) < 4.78 is 4.93. The Morgan fingerprint density at radius 3 is 2.86 bits per heavy atom. The van der Waals surface area contributed by atoms with Crippen LogP contribution in [0.4, 0.5) is 5.82 Å². The highest BCUT2D eigenvalue weighted by Crippen LogP contribution is 2.23. The summed E-state index contributed by atoms with van der Waals surface area (Å²) in [6, 6.07) is 3.27. The highest BCUT2D eigenvalue weighted by atomic mass is 16.5. The van der Waals surface area contributed by atoms with Crippen molar-refractivity contribution in [2.75, 3.05) is 25.1 Å². The standard InChI is InChI=1S/C15H21N3O3/c1-3-21-15(20)11-7-8-13(17-10-11)18-9-5-4-6-12(18)14(19)16-2/h7-8,10,12H,3-6,9H2,1-2H3,(H,16,19). The largest absolute Gasteiger partial charge is 0.462 e. The monoisotopic (exact) mass is 291 g/mol. The number of ether oxygens (including phenoxy) is 1. The summed E-state index contributed by atoms with van der Waals surface area (Å²) in [5.41, 5.74) is 0.425. The summed E-state index contributed by atoms with van der Waals surface area (Å²) in [5.74, 6) is 0.348. The van der Waals surface area contributed by atoms with Crippen LogP contribution in [-0.2, 0) is 9.53 Å². The van der Waals surface area contributed by atoms with E-state index in [1.54, 1.807) is 26.1 Å². The average molecular weight is 291 g/mol. The first-order valence-electron chi connectivity index (χ1n) is 7.28. The van der Waals surface area contributed by atoms with Crippen LogP contribution in [0.2, 0.25) is 0 Å². The SMILES string of the molecule is CCOC(=O)c1ccc(N2CCCCC2C(=O)NC)nc1. The van der Waals surface area contributed by atoms with Gasteiger partial charge in [0.05, 0.1) is 12.2 Å². The number of likely N-dealkylation sites (N-methyl/N-ethyl adjacent to an activating group) is 1. The first-order chi connectivity index (χ1) is 10.2.